The van der Waals surface area contributed by atoms with Gasteiger partial charge in [-0.05, 0) is 43.4 Å². The number of halogens is 2. The number of benzene rings is 2. The molecule has 0 bridgehead atoms. The van der Waals surface area contributed by atoms with Crippen LogP contribution in [0.3, 0.4) is 0 Å². The van der Waals surface area contributed by atoms with Gasteiger partial charge in [0.1, 0.15) is 12.4 Å². The highest BCUT2D eigenvalue weighted by Crippen LogP contribution is 2.16. The number of likely N-dealkylation sites (N-methyl/N-ethyl adjacent to an activating group) is 1. The predicted octanol–water partition coefficient (Wildman–Crippen LogP) is 3.06. The van der Waals surface area contributed by atoms with Crippen LogP contribution in [0.4, 0.5) is 5.69 Å². The predicted molar refractivity (Wildman–Crippen MR) is 108 cm³/mol. The standard InChI is InChI=1S/C19H21Cl2N3O3/c1-24(13-19(26)23-16-6-2-4-14(20)10-16)12-18(25)22-8-9-27-17-7-3-5-15(21)11-17/h2-7,10-11H,8-9,12-13H2,1H3,(H,22,25)(H,23,26). The number of hydrogen-bond acceptors (Lipinski definition) is 4. The van der Waals surface area contributed by atoms with Crippen molar-refractivity contribution in [2.75, 3.05) is 38.6 Å². The van der Waals surface area contributed by atoms with Crippen LogP contribution in [0.5, 0.6) is 5.75 Å². The molecule has 2 aromatic rings. The summed E-state index contributed by atoms with van der Waals surface area (Å²) in [6.07, 6.45) is 0. The summed E-state index contributed by atoms with van der Waals surface area (Å²) in [7, 11) is 1.69. The van der Waals surface area contributed by atoms with Gasteiger partial charge in [0, 0.05) is 15.7 Å². The molecule has 0 aliphatic heterocycles. The summed E-state index contributed by atoms with van der Waals surface area (Å²) in [5.41, 5.74) is 0.614. The van der Waals surface area contributed by atoms with Crippen molar-refractivity contribution in [3.05, 3.63) is 58.6 Å². The molecule has 2 N–H and O–H groups in total. The minimum absolute atomic E-state index is 0.0823. The fourth-order valence-corrected chi connectivity index (χ4v) is 2.66. The van der Waals surface area contributed by atoms with Gasteiger partial charge in [0.05, 0.1) is 19.6 Å². The van der Waals surface area contributed by atoms with Crippen molar-refractivity contribution in [1.29, 1.82) is 0 Å². The number of hydrogen-bond donors (Lipinski definition) is 2. The lowest BCUT2D eigenvalue weighted by atomic mass is 10.3. The van der Waals surface area contributed by atoms with Crippen LogP contribution < -0.4 is 15.4 Å². The number of ether oxygens (including phenoxy) is 1. The Morgan fingerprint density at radius 1 is 1.00 bits per heavy atom. The van der Waals surface area contributed by atoms with E-state index in [0.717, 1.165) is 0 Å². The Hall–Kier alpha value is -2.28. The Bertz CT molecular complexity index is 786. The van der Waals surface area contributed by atoms with E-state index >= 15 is 0 Å². The van der Waals surface area contributed by atoms with E-state index in [4.69, 9.17) is 27.9 Å². The molecule has 0 aliphatic carbocycles. The van der Waals surface area contributed by atoms with E-state index in [-0.39, 0.29) is 24.9 Å². The summed E-state index contributed by atoms with van der Waals surface area (Å²) in [6.45, 7) is 0.859. The third-order valence-corrected chi connectivity index (χ3v) is 3.89. The van der Waals surface area contributed by atoms with E-state index in [1.807, 2.05) is 0 Å². The molecule has 0 heterocycles. The lowest BCUT2D eigenvalue weighted by Gasteiger charge is -2.16. The molecule has 0 fully saturated rings. The summed E-state index contributed by atoms with van der Waals surface area (Å²) in [5, 5.41) is 6.61. The van der Waals surface area contributed by atoms with Gasteiger partial charge in [-0.15, -0.1) is 0 Å². The number of amides is 2. The molecule has 8 heteroatoms. The molecule has 0 saturated carbocycles. The zero-order chi connectivity index (χ0) is 19.6. The van der Waals surface area contributed by atoms with Crippen molar-refractivity contribution in [1.82, 2.24) is 10.2 Å². The van der Waals surface area contributed by atoms with Crippen LogP contribution in [0.15, 0.2) is 48.5 Å². The van der Waals surface area contributed by atoms with E-state index in [1.54, 1.807) is 60.5 Å². The summed E-state index contributed by atoms with van der Waals surface area (Å²) in [4.78, 5) is 25.5. The molecule has 0 spiro atoms. The largest absolute Gasteiger partial charge is 0.492 e. The molecule has 0 aliphatic rings. The Kier molecular flexibility index (Phi) is 8.39. The molecular formula is C19H21Cl2N3O3. The van der Waals surface area contributed by atoms with Crippen LogP contribution in [0.1, 0.15) is 0 Å². The number of anilines is 1. The second-order valence-electron chi connectivity index (χ2n) is 5.89. The molecule has 144 valence electrons. The molecule has 2 rings (SSSR count). The second-order valence-corrected chi connectivity index (χ2v) is 6.76. The van der Waals surface area contributed by atoms with Crippen molar-refractivity contribution in [2.45, 2.75) is 0 Å². The van der Waals surface area contributed by atoms with Gasteiger partial charge in [0.2, 0.25) is 11.8 Å². The highest BCUT2D eigenvalue weighted by atomic mass is 35.5. The Morgan fingerprint density at radius 3 is 2.37 bits per heavy atom. The average Bonchev–Trinajstić information content (AvgIpc) is 2.58. The first kappa shape index (κ1) is 21.0. The van der Waals surface area contributed by atoms with Crippen LogP contribution in [-0.2, 0) is 9.59 Å². The van der Waals surface area contributed by atoms with Crippen LogP contribution in [0.2, 0.25) is 10.0 Å². The van der Waals surface area contributed by atoms with Crippen molar-refractivity contribution < 1.29 is 14.3 Å². The zero-order valence-electron chi connectivity index (χ0n) is 14.9. The van der Waals surface area contributed by atoms with Crippen LogP contribution >= 0.6 is 23.2 Å². The first-order valence-corrected chi connectivity index (χ1v) is 9.07. The molecule has 0 unspecified atom stereocenters. The van der Waals surface area contributed by atoms with E-state index in [2.05, 4.69) is 10.6 Å². The van der Waals surface area contributed by atoms with Gasteiger partial charge in [-0.2, -0.15) is 0 Å². The average molecular weight is 410 g/mol. The molecule has 0 atom stereocenters. The van der Waals surface area contributed by atoms with Crippen molar-refractivity contribution in [2.24, 2.45) is 0 Å². The molecule has 2 amide bonds. The fourth-order valence-electron chi connectivity index (χ4n) is 2.28. The third-order valence-electron chi connectivity index (χ3n) is 3.42. The van der Waals surface area contributed by atoms with Gasteiger partial charge < -0.3 is 15.4 Å². The molecule has 27 heavy (non-hydrogen) atoms. The molecule has 0 aromatic heterocycles. The smallest absolute Gasteiger partial charge is 0.238 e. The van der Waals surface area contributed by atoms with Gasteiger partial charge >= 0.3 is 0 Å². The Morgan fingerprint density at radius 2 is 1.67 bits per heavy atom. The molecule has 6 nitrogen and oxygen atoms in total. The van der Waals surface area contributed by atoms with Gasteiger partial charge in [0.15, 0.2) is 0 Å². The Balaban J connectivity index is 1.63. The SMILES string of the molecule is CN(CC(=O)NCCOc1cccc(Cl)c1)CC(=O)Nc1cccc(Cl)c1. The molecular weight excluding hydrogens is 389 g/mol. The number of carbonyl (C=O) groups is 2. The van der Waals surface area contributed by atoms with E-state index in [9.17, 15) is 9.59 Å². The van der Waals surface area contributed by atoms with Gasteiger partial charge in [-0.25, -0.2) is 0 Å². The van der Waals surface area contributed by atoms with Crippen LogP contribution in [0.25, 0.3) is 0 Å². The number of nitrogens with zero attached hydrogens (tertiary/aromatic N) is 1. The summed E-state index contributed by atoms with van der Waals surface area (Å²) >= 11 is 11.7. The molecule has 0 saturated heterocycles. The van der Waals surface area contributed by atoms with Crippen LogP contribution in [0, 0.1) is 0 Å². The van der Waals surface area contributed by atoms with Gasteiger partial charge in [0.25, 0.3) is 0 Å². The topological polar surface area (TPSA) is 70.7 Å². The lowest BCUT2D eigenvalue weighted by molar-refractivity contribution is -0.123. The highest BCUT2D eigenvalue weighted by molar-refractivity contribution is 6.31. The van der Waals surface area contributed by atoms with E-state index < -0.39 is 0 Å². The maximum atomic E-state index is 12.0. The summed E-state index contributed by atoms with van der Waals surface area (Å²) in [5.74, 6) is 0.228. The molecule has 0 radical (unpaired) electrons. The first-order valence-electron chi connectivity index (χ1n) is 8.31. The third kappa shape index (κ3) is 8.30. The zero-order valence-corrected chi connectivity index (χ0v) is 16.4. The molecule has 2 aromatic carbocycles. The van der Waals surface area contributed by atoms with E-state index in [1.165, 1.54) is 0 Å². The lowest BCUT2D eigenvalue weighted by Crippen LogP contribution is -2.40. The van der Waals surface area contributed by atoms with Crippen molar-refractivity contribution in [3.63, 3.8) is 0 Å². The number of rotatable bonds is 9. The quantitative estimate of drug-likeness (QED) is 0.624. The first-order chi connectivity index (χ1) is 12.9. The van der Waals surface area contributed by atoms with Crippen molar-refractivity contribution >= 4 is 40.7 Å². The summed E-state index contributed by atoms with van der Waals surface area (Å²) < 4.78 is 5.50. The minimum atomic E-state index is -0.225. The minimum Gasteiger partial charge on any atom is -0.492 e. The van der Waals surface area contributed by atoms with E-state index in [0.29, 0.717) is 34.6 Å². The Labute approximate surface area is 168 Å². The number of carbonyl (C=O) groups excluding carboxylic acids is 2. The van der Waals surface area contributed by atoms with Gasteiger partial charge in [-0.3, -0.25) is 14.5 Å². The maximum absolute atomic E-state index is 12.0. The number of nitrogens with one attached hydrogen (secondary N) is 2. The highest BCUT2D eigenvalue weighted by Gasteiger charge is 2.11. The monoisotopic (exact) mass is 409 g/mol. The van der Waals surface area contributed by atoms with Gasteiger partial charge in [-0.1, -0.05) is 35.3 Å². The van der Waals surface area contributed by atoms with Crippen LogP contribution in [-0.4, -0.2) is 50.0 Å². The maximum Gasteiger partial charge on any atom is 0.238 e. The fraction of sp³-hybridized carbons (Fsp3) is 0.263. The normalized spacial score (nSPS) is 10.5. The second kappa shape index (κ2) is 10.8. The summed E-state index contributed by atoms with van der Waals surface area (Å²) in [6, 6.07) is 13.9. The van der Waals surface area contributed by atoms with Crippen molar-refractivity contribution in [3.8, 4) is 5.75 Å².